The summed E-state index contributed by atoms with van der Waals surface area (Å²) in [6.07, 6.45) is 2.95. The molecule has 1 saturated heterocycles. The topological polar surface area (TPSA) is 46.3 Å². The van der Waals surface area contributed by atoms with Gasteiger partial charge in [0.05, 0.1) is 0 Å². The zero-order chi connectivity index (χ0) is 12.3. The Balaban J connectivity index is 1.91. The van der Waals surface area contributed by atoms with Gasteiger partial charge in [0.1, 0.15) is 0 Å². The Morgan fingerprint density at radius 2 is 1.88 bits per heavy atom. The number of nitrogen functional groups attached to an aromatic ring is 1. The Kier molecular flexibility index (Phi) is 3.79. The summed E-state index contributed by atoms with van der Waals surface area (Å²) in [5, 5.41) is 0. The molecule has 3 heteroatoms. The molecule has 2 rings (SSSR count). The molecular weight excluding hydrogens is 212 g/mol. The molecule has 0 unspecified atom stereocenters. The van der Waals surface area contributed by atoms with E-state index in [1.807, 2.05) is 12.1 Å². The van der Waals surface area contributed by atoms with E-state index in [0.717, 1.165) is 31.5 Å². The zero-order valence-electron chi connectivity index (χ0n) is 10.4. The molecule has 0 bridgehead atoms. The molecule has 0 atom stereocenters. The SMILES string of the molecule is CN1CCC(CC(=O)c2ccc(N)cc2)CC1. The van der Waals surface area contributed by atoms with Crippen LogP contribution >= 0.6 is 0 Å². The van der Waals surface area contributed by atoms with Crippen molar-refractivity contribution in [3.8, 4) is 0 Å². The molecule has 1 aliphatic rings. The summed E-state index contributed by atoms with van der Waals surface area (Å²) < 4.78 is 0. The van der Waals surface area contributed by atoms with E-state index in [9.17, 15) is 4.79 Å². The largest absolute Gasteiger partial charge is 0.399 e. The van der Waals surface area contributed by atoms with Gasteiger partial charge in [-0.05, 0) is 63.2 Å². The predicted molar refractivity (Wildman–Crippen MR) is 70.0 cm³/mol. The fourth-order valence-electron chi connectivity index (χ4n) is 2.32. The molecule has 3 nitrogen and oxygen atoms in total. The molecule has 1 fully saturated rings. The molecule has 1 aliphatic heterocycles. The smallest absolute Gasteiger partial charge is 0.163 e. The number of piperidine rings is 1. The molecule has 0 amide bonds. The molecule has 1 heterocycles. The zero-order valence-corrected chi connectivity index (χ0v) is 10.4. The second kappa shape index (κ2) is 5.32. The molecule has 17 heavy (non-hydrogen) atoms. The number of anilines is 1. The van der Waals surface area contributed by atoms with Crippen LogP contribution in [0.4, 0.5) is 5.69 Å². The minimum atomic E-state index is 0.250. The molecule has 1 aromatic rings. The number of rotatable bonds is 3. The quantitative estimate of drug-likeness (QED) is 0.642. The minimum absolute atomic E-state index is 0.250. The van der Waals surface area contributed by atoms with E-state index < -0.39 is 0 Å². The fourth-order valence-corrected chi connectivity index (χ4v) is 2.32. The predicted octanol–water partition coefficient (Wildman–Crippen LogP) is 2.18. The number of hydrogen-bond acceptors (Lipinski definition) is 3. The molecule has 0 saturated carbocycles. The summed E-state index contributed by atoms with van der Waals surface area (Å²) >= 11 is 0. The van der Waals surface area contributed by atoms with E-state index in [2.05, 4.69) is 11.9 Å². The van der Waals surface area contributed by atoms with Crippen molar-refractivity contribution < 1.29 is 4.79 Å². The van der Waals surface area contributed by atoms with E-state index in [1.54, 1.807) is 12.1 Å². The maximum atomic E-state index is 12.1. The van der Waals surface area contributed by atoms with Gasteiger partial charge in [-0.15, -0.1) is 0 Å². The lowest BCUT2D eigenvalue weighted by Gasteiger charge is -2.28. The fraction of sp³-hybridized carbons (Fsp3) is 0.500. The van der Waals surface area contributed by atoms with E-state index in [4.69, 9.17) is 5.73 Å². The van der Waals surface area contributed by atoms with E-state index in [1.165, 1.54) is 0 Å². The Hall–Kier alpha value is -1.35. The highest BCUT2D eigenvalue weighted by Crippen LogP contribution is 2.21. The van der Waals surface area contributed by atoms with Crippen LogP contribution in [0.5, 0.6) is 0 Å². The van der Waals surface area contributed by atoms with Gasteiger partial charge < -0.3 is 10.6 Å². The Labute approximate surface area is 103 Å². The Bertz CT molecular complexity index is 378. The average Bonchev–Trinajstić information content (AvgIpc) is 2.33. The van der Waals surface area contributed by atoms with Crippen molar-refractivity contribution in [3.63, 3.8) is 0 Å². The van der Waals surface area contributed by atoms with Gasteiger partial charge in [0.2, 0.25) is 0 Å². The monoisotopic (exact) mass is 232 g/mol. The van der Waals surface area contributed by atoms with E-state index in [-0.39, 0.29) is 5.78 Å². The standard InChI is InChI=1S/C14H20N2O/c1-16-8-6-11(7-9-16)10-14(17)12-2-4-13(15)5-3-12/h2-5,11H,6-10,15H2,1H3. The van der Waals surface area contributed by atoms with Crippen molar-refractivity contribution in [2.45, 2.75) is 19.3 Å². The van der Waals surface area contributed by atoms with Crippen LogP contribution in [-0.2, 0) is 0 Å². The van der Waals surface area contributed by atoms with Gasteiger partial charge in [0, 0.05) is 17.7 Å². The summed E-state index contributed by atoms with van der Waals surface area (Å²) in [5.41, 5.74) is 7.11. The van der Waals surface area contributed by atoms with Crippen LogP contribution in [0.1, 0.15) is 29.6 Å². The van der Waals surface area contributed by atoms with Crippen molar-refractivity contribution in [1.82, 2.24) is 4.90 Å². The van der Waals surface area contributed by atoms with Crippen LogP contribution in [0.3, 0.4) is 0 Å². The highest BCUT2D eigenvalue weighted by atomic mass is 16.1. The number of Topliss-reactive ketones (excluding diaryl/α,β-unsaturated/α-hetero) is 1. The number of benzene rings is 1. The van der Waals surface area contributed by atoms with Gasteiger partial charge in [-0.3, -0.25) is 4.79 Å². The first-order valence-electron chi connectivity index (χ1n) is 6.22. The molecule has 0 aliphatic carbocycles. The average molecular weight is 232 g/mol. The normalized spacial score (nSPS) is 18.2. The molecule has 1 aromatic carbocycles. The van der Waals surface area contributed by atoms with Gasteiger partial charge in [0.25, 0.3) is 0 Å². The molecule has 2 N–H and O–H groups in total. The van der Waals surface area contributed by atoms with Crippen molar-refractivity contribution in [1.29, 1.82) is 0 Å². The first-order valence-corrected chi connectivity index (χ1v) is 6.22. The second-order valence-electron chi connectivity index (χ2n) is 5.00. The number of ketones is 1. The van der Waals surface area contributed by atoms with Crippen LogP contribution in [0.15, 0.2) is 24.3 Å². The van der Waals surface area contributed by atoms with Crippen LogP contribution < -0.4 is 5.73 Å². The van der Waals surface area contributed by atoms with Crippen molar-refractivity contribution in [2.75, 3.05) is 25.9 Å². The number of nitrogens with two attached hydrogens (primary N) is 1. The molecule has 0 radical (unpaired) electrons. The number of likely N-dealkylation sites (tertiary alicyclic amines) is 1. The van der Waals surface area contributed by atoms with Crippen molar-refractivity contribution >= 4 is 11.5 Å². The van der Waals surface area contributed by atoms with Crippen molar-refractivity contribution in [3.05, 3.63) is 29.8 Å². The van der Waals surface area contributed by atoms with E-state index in [0.29, 0.717) is 18.0 Å². The lowest BCUT2D eigenvalue weighted by molar-refractivity contribution is 0.0936. The third-order valence-corrected chi connectivity index (χ3v) is 3.54. The van der Waals surface area contributed by atoms with E-state index >= 15 is 0 Å². The summed E-state index contributed by atoms with van der Waals surface area (Å²) in [6.45, 7) is 2.22. The first-order chi connectivity index (χ1) is 8.15. The van der Waals surface area contributed by atoms with Gasteiger partial charge in [0.15, 0.2) is 5.78 Å². The van der Waals surface area contributed by atoms with Crippen LogP contribution in [0.2, 0.25) is 0 Å². The summed E-state index contributed by atoms with van der Waals surface area (Å²) in [6, 6.07) is 7.24. The Morgan fingerprint density at radius 1 is 1.29 bits per heavy atom. The lowest BCUT2D eigenvalue weighted by Crippen LogP contribution is -2.31. The van der Waals surface area contributed by atoms with Crippen LogP contribution in [0, 0.1) is 5.92 Å². The highest BCUT2D eigenvalue weighted by molar-refractivity contribution is 5.96. The van der Waals surface area contributed by atoms with Gasteiger partial charge >= 0.3 is 0 Å². The summed E-state index contributed by atoms with van der Waals surface area (Å²) in [7, 11) is 2.14. The van der Waals surface area contributed by atoms with Gasteiger partial charge in [-0.2, -0.15) is 0 Å². The number of nitrogens with zero attached hydrogens (tertiary/aromatic N) is 1. The summed E-state index contributed by atoms with van der Waals surface area (Å²) in [4.78, 5) is 14.4. The highest BCUT2D eigenvalue weighted by Gasteiger charge is 2.19. The maximum absolute atomic E-state index is 12.1. The van der Waals surface area contributed by atoms with Crippen LogP contribution in [-0.4, -0.2) is 30.8 Å². The Morgan fingerprint density at radius 3 is 2.47 bits per heavy atom. The molecule has 0 aromatic heterocycles. The maximum Gasteiger partial charge on any atom is 0.163 e. The number of hydrogen-bond donors (Lipinski definition) is 1. The minimum Gasteiger partial charge on any atom is -0.399 e. The molecule has 0 spiro atoms. The number of carbonyl (C=O) groups excluding carboxylic acids is 1. The first kappa shape index (κ1) is 12.1. The van der Waals surface area contributed by atoms with Crippen molar-refractivity contribution in [2.24, 2.45) is 5.92 Å². The van der Waals surface area contributed by atoms with Gasteiger partial charge in [-0.1, -0.05) is 0 Å². The molecular formula is C14H20N2O. The third kappa shape index (κ3) is 3.30. The lowest BCUT2D eigenvalue weighted by atomic mass is 9.90. The third-order valence-electron chi connectivity index (χ3n) is 3.54. The van der Waals surface area contributed by atoms with Gasteiger partial charge in [-0.25, -0.2) is 0 Å². The molecule has 92 valence electrons. The second-order valence-corrected chi connectivity index (χ2v) is 5.00. The number of carbonyl (C=O) groups is 1. The van der Waals surface area contributed by atoms with Crippen LogP contribution in [0.25, 0.3) is 0 Å². The summed E-state index contributed by atoms with van der Waals surface area (Å²) in [5.74, 6) is 0.802.